The van der Waals surface area contributed by atoms with Crippen LogP contribution in [0.15, 0.2) is 47.4 Å². The monoisotopic (exact) mass is 583 g/mol. The van der Waals surface area contributed by atoms with Crippen molar-refractivity contribution in [3.63, 3.8) is 0 Å². The van der Waals surface area contributed by atoms with Gasteiger partial charge in [-0.1, -0.05) is 36.9 Å². The van der Waals surface area contributed by atoms with E-state index in [1.807, 2.05) is 0 Å². The molecule has 1 saturated carbocycles. The van der Waals surface area contributed by atoms with Crippen molar-refractivity contribution in [2.45, 2.75) is 55.6 Å². The summed E-state index contributed by atoms with van der Waals surface area (Å²) in [5.41, 5.74) is -0.0914. The van der Waals surface area contributed by atoms with Crippen molar-refractivity contribution in [1.82, 2.24) is 14.5 Å². The Balaban J connectivity index is 1.71. The number of carbonyl (C=O) groups excluding carboxylic acids is 2. The summed E-state index contributed by atoms with van der Waals surface area (Å²) in [6, 6.07) is 6.77. The maximum atomic E-state index is 13.9. The summed E-state index contributed by atoms with van der Waals surface area (Å²) in [6.45, 7) is -0.488. The maximum absolute atomic E-state index is 13.9. The van der Waals surface area contributed by atoms with Gasteiger partial charge in [0.25, 0.3) is 11.8 Å². The number of rotatable bonds is 8. The number of nitrogens with zero attached hydrogens (tertiary/aromatic N) is 2. The predicted octanol–water partition coefficient (Wildman–Crippen LogP) is 3.63. The third-order valence-corrected chi connectivity index (χ3v) is 9.27. The van der Waals surface area contributed by atoms with E-state index >= 15 is 0 Å². The van der Waals surface area contributed by atoms with Crippen LogP contribution in [0.2, 0.25) is 5.02 Å². The molecule has 1 aliphatic carbocycles. The van der Waals surface area contributed by atoms with Gasteiger partial charge in [-0.05, 0) is 55.2 Å². The molecule has 4 rings (SSSR count). The molecule has 2 aromatic rings. The fraction of sp³-hybridized carbons (Fsp3) is 0.423. The lowest BCUT2D eigenvalue weighted by Gasteiger charge is -2.34. The topological polar surface area (TPSA) is 124 Å². The lowest BCUT2D eigenvalue weighted by atomic mass is 9.82. The van der Waals surface area contributed by atoms with E-state index in [4.69, 9.17) is 11.6 Å². The first-order valence-electron chi connectivity index (χ1n) is 12.5. The number of hydrogen-bond donors (Lipinski definition) is 2. The van der Waals surface area contributed by atoms with Crippen LogP contribution in [0.1, 0.15) is 48.9 Å². The van der Waals surface area contributed by atoms with Gasteiger partial charge in [-0.2, -0.15) is 4.31 Å². The number of aliphatic carboxylic acids is 1. The third-order valence-electron chi connectivity index (χ3n) is 7.13. The summed E-state index contributed by atoms with van der Waals surface area (Å²) in [4.78, 5) is 39.3. The van der Waals surface area contributed by atoms with Gasteiger partial charge in [0.15, 0.2) is 6.17 Å². The molecular weight excluding hydrogens is 556 g/mol. The molecule has 0 spiro atoms. The summed E-state index contributed by atoms with van der Waals surface area (Å²) in [5, 5.41) is 11.7. The molecule has 1 saturated heterocycles. The molecular formula is C26H28ClF2N3O6S. The Hall–Kier alpha value is -3.09. The van der Waals surface area contributed by atoms with Gasteiger partial charge in [0.05, 0.1) is 16.3 Å². The molecule has 13 heteroatoms. The highest BCUT2D eigenvalue weighted by molar-refractivity contribution is 7.89. The molecule has 2 unspecified atom stereocenters. The molecule has 9 nitrogen and oxygen atoms in total. The minimum Gasteiger partial charge on any atom is -0.481 e. The van der Waals surface area contributed by atoms with Crippen molar-refractivity contribution in [3.05, 3.63) is 64.7 Å². The molecule has 2 fully saturated rings. The number of carboxylic acids is 1. The number of halogens is 3. The zero-order valence-corrected chi connectivity index (χ0v) is 22.4. The number of amides is 2. The van der Waals surface area contributed by atoms with Crippen molar-refractivity contribution in [2.75, 3.05) is 13.1 Å². The molecule has 1 heterocycles. The highest BCUT2D eigenvalue weighted by Gasteiger charge is 2.47. The Labute approximate surface area is 229 Å². The van der Waals surface area contributed by atoms with E-state index in [1.54, 1.807) is 0 Å². The number of hydrogen-bond acceptors (Lipinski definition) is 5. The van der Waals surface area contributed by atoms with E-state index in [9.17, 15) is 36.7 Å². The van der Waals surface area contributed by atoms with E-state index in [0.29, 0.717) is 12.8 Å². The van der Waals surface area contributed by atoms with Gasteiger partial charge in [-0.15, -0.1) is 0 Å². The first-order chi connectivity index (χ1) is 18.5. The molecule has 2 N–H and O–H groups in total. The van der Waals surface area contributed by atoms with E-state index in [1.165, 1.54) is 12.1 Å². The molecule has 2 atom stereocenters. The Bertz CT molecular complexity index is 1370. The van der Waals surface area contributed by atoms with Gasteiger partial charge in [0.1, 0.15) is 11.6 Å². The summed E-state index contributed by atoms with van der Waals surface area (Å²) in [6.07, 6.45) is 2.06. The Morgan fingerprint density at radius 3 is 2.41 bits per heavy atom. The van der Waals surface area contributed by atoms with E-state index in [2.05, 4.69) is 5.32 Å². The average Bonchev–Trinajstić information content (AvgIpc) is 3.36. The third kappa shape index (κ3) is 6.39. The molecule has 2 amide bonds. The lowest BCUT2D eigenvalue weighted by molar-refractivity contribution is -0.138. The van der Waals surface area contributed by atoms with Crippen molar-refractivity contribution < 1.29 is 36.7 Å². The van der Waals surface area contributed by atoms with Gasteiger partial charge in [0, 0.05) is 24.7 Å². The van der Waals surface area contributed by atoms with Gasteiger partial charge < -0.3 is 15.3 Å². The normalized spacial score (nSPS) is 19.6. The smallest absolute Gasteiger partial charge is 0.305 e. The van der Waals surface area contributed by atoms with Crippen molar-refractivity contribution in [1.29, 1.82) is 0 Å². The zero-order chi connectivity index (χ0) is 28.3. The second kappa shape index (κ2) is 12.0. The second-order valence-electron chi connectivity index (χ2n) is 9.69. The molecule has 0 radical (unpaired) electrons. The lowest BCUT2D eigenvalue weighted by Crippen LogP contribution is -2.56. The molecule has 2 aromatic carbocycles. The van der Waals surface area contributed by atoms with E-state index in [0.717, 1.165) is 58.8 Å². The number of carboxylic acid groups (broad SMARTS) is 1. The molecule has 2 aliphatic rings. The van der Waals surface area contributed by atoms with E-state index < -0.39 is 56.7 Å². The fourth-order valence-electron chi connectivity index (χ4n) is 5.22. The first kappa shape index (κ1) is 28.9. The van der Waals surface area contributed by atoms with Gasteiger partial charge in [0.2, 0.25) is 10.0 Å². The summed E-state index contributed by atoms with van der Waals surface area (Å²) >= 11 is 5.81. The molecule has 39 heavy (non-hydrogen) atoms. The number of nitrogens with one attached hydrogen (secondary N) is 1. The van der Waals surface area contributed by atoms with Crippen LogP contribution in [0.5, 0.6) is 0 Å². The summed E-state index contributed by atoms with van der Waals surface area (Å²) in [5.74, 6) is -4.45. The van der Waals surface area contributed by atoms with Crippen LogP contribution in [0.25, 0.3) is 0 Å². The average molecular weight is 584 g/mol. The first-order valence-corrected chi connectivity index (χ1v) is 14.4. The van der Waals surface area contributed by atoms with Crippen molar-refractivity contribution >= 4 is 39.4 Å². The van der Waals surface area contributed by atoms with Crippen LogP contribution < -0.4 is 5.32 Å². The molecule has 1 aliphatic heterocycles. The van der Waals surface area contributed by atoms with Crippen molar-refractivity contribution in [3.8, 4) is 0 Å². The predicted molar refractivity (Wildman–Crippen MR) is 137 cm³/mol. The van der Waals surface area contributed by atoms with Crippen LogP contribution in [0, 0.1) is 17.6 Å². The Morgan fingerprint density at radius 2 is 1.77 bits per heavy atom. The van der Waals surface area contributed by atoms with E-state index in [-0.39, 0.29) is 35.9 Å². The Kier molecular flexibility index (Phi) is 8.87. The SMILES string of the molecule is O=C(O)CC(NC(=O)C1N(C(=O)c2cccc(F)c2)CCN1S(=O)(=O)c1ccc(F)c(Cl)c1)C1CCCCC1. The fourth-order valence-corrected chi connectivity index (χ4v) is 7.04. The highest BCUT2D eigenvalue weighted by atomic mass is 35.5. The summed E-state index contributed by atoms with van der Waals surface area (Å²) < 4.78 is 55.6. The maximum Gasteiger partial charge on any atom is 0.305 e. The quantitative estimate of drug-likeness (QED) is 0.489. The van der Waals surface area contributed by atoms with Gasteiger partial charge in [-0.25, -0.2) is 17.2 Å². The Morgan fingerprint density at radius 1 is 1.05 bits per heavy atom. The molecule has 0 bridgehead atoms. The summed E-state index contributed by atoms with van der Waals surface area (Å²) in [7, 11) is -4.48. The van der Waals surface area contributed by atoms with Crippen LogP contribution in [-0.4, -0.2) is 65.8 Å². The molecule has 210 valence electrons. The van der Waals surface area contributed by atoms with Crippen LogP contribution in [0.3, 0.4) is 0 Å². The second-order valence-corrected chi connectivity index (χ2v) is 12.0. The largest absolute Gasteiger partial charge is 0.481 e. The number of sulfonamides is 1. The van der Waals surface area contributed by atoms with Crippen LogP contribution >= 0.6 is 11.6 Å². The van der Waals surface area contributed by atoms with Crippen LogP contribution in [0.4, 0.5) is 8.78 Å². The van der Waals surface area contributed by atoms with Crippen LogP contribution in [-0.2, 0) is 19.6 Å². The number of benzene rings is 2. The van der Waals surface area contributed by atoms with Gasteiger partial charge >= 0.3 is 5.97 Å². The molecule has 0 aromatic heterocycles. The van der Waals surface area contributed by atoms with Crippen molar-refractivity contribution in [2.24, 2.45) is 5.92 Å². The minimum absolute atomic E-state index is 0.0914. The minimum atomic E-state index is -4.48. The number of carbonyl (C=O) groups is 3. The standard InChI is InChI=1S/C26H28ClF2N3O6S/c27-20-14-19(9-10-21(20)29)39(37,38)32-12-11-31(26(36)17-7-4-8-18(28)13-17)25(32)24(35)30-22(15-23(33)34)16-5-2-1-3-6-16/h4,7-10,13-14,16,22,25H,1-3,5-6,11-12,15H2,(H,30,35)(H,33,34). The zero-order valence-electron chi connectivity index (χ0n) is 20.9. The highest BCUT2D eigenvalue weighted by Crippen LogP contribution is 2.31. The van der Waals surface area contributed by atoms with Gasteiger partial charge in [-0.3, -0.25) is 14.4 Å².